The van der Waals surface area contributed by atoms with Gasteiger partial charge in [-0.2, -0.15) is 5.26 Å². The number of pyridine rings is 1. The van der Waals surface area contributed by atoms with Gasteiger partial charge < -0.3 is 25.3 Å². The van der Waals surface area contributed by atoms with Crippen LogP contribution in [0.1, 0.15) is 16.7 Å². The molecular weight excluding hydrogens is 458 g/mol. The zero-order chi connectivity index (χ0) is 22.9. The summed E-state index contributed by atoms with van der Waals surface area (Å²) in [6.07, 6.45) is 0.904. The van der Waals surface area contributed by atoms with Crippen molar-refractivity contribution < 1.29 is 0 Å². The summed E-state index contributed by atoms with van der Waals surface area (Å²) in [5.41, 5.74) is 4.45. The summed E-state index contributed by atoms with van der Waals surface area (Å²) >= 11 is 0. The Morgan fingerprint density at radius 1 is 0.743 bits per heavy atom. The summed E-state index contributed by atoms with van der Waals surface area (Å²) in [4.78, 5) is 12.4. The zero-order valence-corrected chi connectivity index (χ0v) is 20.8. The standard InChI is InChI=1S/C27H31N7.ClH/c28-18-23-24-19-34(25-7-3-5-20-4-1-2-6-21(20)25)13-8-22(24)26(32-14-9-29-10-15-32)31-27(23)33-16-11-30-12-17-33;/h1-7,29-30H,8-17,19H2;1H. The number of rotatable bonds is 3. The topological polar surface area (TPSA) is 70.5 Å². The molecule has 2 N–H and O–H groups in total. The maximum atomic E-state index is 10.4. The highest BCUT2D eigenvalue weighted by Crippen LogP contribution is 2.38. The van der Waals surface area contributed by atoms with Crippen molar-refractivity contribution in [2.24, 2.45) is 0 Å². The smallest absolute Gasteiger partial charge is 0.149 e. The Kier molecular flexibility index (Phi) is 6.96. The largest absolute Gasteiger partial charge is 0.366 e. The van der Waals surface area contributed by atoms with E-state index in [1.54, 1.807) is 0 Å². The van der Waals surface area contributed by atoms with Crippen molar-refractivity contribution >= 4 is 40.5 Å². The van der Waals surface area contributed by atoms with E-state index >= 15 is 0 Å². The Hall–Kier alpha value is -3.05. The molecule has 0 unspecified atom stereocenters. The SMILES string of the molecule is Cl.N#Cc1c(N2CCNCC2)nc(N2CCNCC2)c2c1CN(c1cccc3ccccc13)CC2. The number of aromatic nitrogens is 1. The lowest BCUT2D eigenvalue weighted by molar-refractivity contribution is 0.572. The van der Waals surface area contributed by atoms with Gasteiger partial charge in [0.15, 0.2) is 0 Å². The second kappa shape index (κ2) is 10.3. The Morgan fingerprint density at radius 2 is 1.40 bits per heavy atom. The molecule has 4 heterocycles. The van der Waals surface area contributed by atoms with E-state index in [1.807, 2.05) is 0 Å². The number of anilines is 3. The molecule has 35 heavy (non-hydrogen) atoms. The van der Waals surface area contributed by atoms with Crippen LogP contribution >= 0.6 is 12.4 Å². The fourth-order valence-electron chi connectivity index (χ4n) is 5.65. The normalized spacial score (nSPS) is 18.1. The zero-order valence-electron chi connectivity index (χ0n) is 20.0. The first-order chi connectivity index (χ1) is 16.8. The van der Waals surface area contributed by atoms with E-state index in [2.05, 4.69) is 73.9 Å². The minimum atomic E-state index is 0. The molecule has 0 radical (unpaired) electrons. The van der Waals surface area contributed by atoms with Crippen LogP contribution in [0.15, 0.2) is 42.5 Å². The molecule has 0 amide bonds. The number of hydrogen-bond acceptors (Lipinski definition) is 7. The molecule has 8 heteroatoms. The van der Waals surface area contributed by atoms with Crippen LogP contribution in [0.25, 0.3) is 10.8 Å². The molecule has 0 atom stereocenters. The van der Waals surface area contributed by atoms with Crippen molar-refractivity contribution in [1.29, 1.82) is 5.26 Å². The van der Waals surface area contributed by atoms with Crippen LogP contribution in [0, 0.1) is 11.3 Å². The number of benzene rings is 2. The Morgan fingerprint density at radius 3 is 2.11 bits per heavy atom. The lowest BCUT2D eigenvalue weighted by Crippen LogP contribution is -2.46. The second-order valence-corrected chi connectivity index (χ2v) is 9.35. The van der Waals surface area contributed by atoms with Crippen LogP contribution in [-0.4, -0.2) is 63.9 Å². The first kappa shape index (κ1) is 23.7. The highest BCUT2D eigenvalue weighted by Gasteiger charge is 2.31. The first-order valence-electron chi connectivity index (χ1n) is 12.4. The Bertz CT molecular complexity index is 1240. The number of fused-ring (bicyclic) bond motifs is 2. The fraction of sp³-hybridized carbons (Fsp3) is 0.407. The van der Waals surface area contributed by atoms with Crippen LogP contribution in [0.5, 0.6) is 0 Å². The lowest BCUT2D eigenvalue weighted by atomic mass is 9.94. The molecule has 3 aliphatic heterocycles. The van der Waals surface area contributed by atoms with E-state index in [4.69, 9.17) is 4.98 Å². The highest BCUT2D eigenvalue weighted by atomic mass is 35.5. The second-order valence-electron chi connectivity index (χ2n) is 9.35. The van der Waals surface area contributed by atoms with E-state index in [1.165, 1.54) is 27.6 Å². The molecule has 3 aromatic rings. The molecule has 6 rings (SSSR count). The van der Waals surface area contributed by atoms with Gasteiger partial charge in [-0.1, -0.05) is 36.4 Å². The number of nitriles is 1. The van der Waals surface area contributed by atoms with Crippen molar-refractivity contribution in [3.05, 3.63) is 59.2 Å². The molecule has 0 bridgehead atoms. The molecule has 0 spiro atoms. The molecule has 2 fully saturated rings. The molecule has 2 aromatic carbocycles. The monoisotopic (exact) mass is 489 g/mol. The van der Waals surface area contributed by atoms with Gasteiger partial charge >= 0.3 is 0 Å². The summed E-state index contributed by atoms with van der Waals surface area (Å²) in [5, 5.41) is 19.8. The summed E-state index contributed by atoms with van der Waals surface area (Å²) in [5.74, 6) is 1.97. The Labute approximate surface area is 213 Å². The van der Waals surface area contributed by atoms with Gasteiger partial charge in [0.25, 0.3) is 0 Å². The molecule has 1 aromatic heterocycles. The summed E-state index contributed by atoms with van der Waals surface area (Å²) in [6, 6.07) is 17.7. The third kappa shape index (κ3) is 4.38. The molecule has 0 aliphatic carbocycles. The maximum Gasteiger partial charge on any atom is 0.149 e. The number of halogens is 1. The van der Waals surface area contributed by atoms with Gasteiger partial charge in [0.2, 0.25) is 0 Å². The average Bonchev–Trinajstić information content (AvgIpc) is 2.92. The van der Waals surface area contributed by atoms with Crippen molar-refractivity contribution in [2.75, 3.05) is 73.6 Å². The molecular formula is C27H32ClN7. The number of hydrogen-bond donors (Lipinski definition) is 2. The Balaban J connectivity index is 0.00000253. The predicted octanol–water partition coefficient (Wildman–Crippen LogP) is 2.91. The summed E-state index contributed by atoms with van der Waals surface area (Å²) < 4.78 is 0. The van der Waals surface area contributed by atoms with Crippen molar-refractivity contribution in [1.82, 2.24) is 15.6 Å². The third-order valence-corrected chi connectivity index (χ3v) is 7.40. The molecule has 0 saturated carbocycles. The average molecular weight is 490 g/mol. The van der Waals surface area contributed by atoms with Gasteiger partial charge in [0.05, 0.1) is 5.56 Å². The van der Waals surface area contributed by atoms with Gasteiger partial charge in [-0.25, -0.2) is 4.98 Å². The van der Waals surface area contributed by atoms with Gasteiger partial charge in [-0.3, -0.25) is 0 Å². The van der Waals surface area contributed by atoms with Crippen molar-refractivity contribution in [3.8, 4) is 6.07 Å². The van der Waals surface area contributed by atoms with Gasteiger partial charge in [0.1, 0.15) is 17.7 Å². The number of nitrogens with zero attached hydrogens (tertiary/aromatic N) is 5. The maximum absolute atomic E-state index is 10.4. The van der Waals surface area contributed by atoms with Gasteiger partial charge in [0, 0.05) is 82.1 Å². The fourth-order valence-corrected chi connectivity index (χ4v) is 5.65. The van der Waals surface area contributed by atoms with Gasteiger partial charge in [-0.15, -0.1) is 12.4 Å². The lowest BCUT2D eigenvalue weighted by Gasteiger charge is -2.38. The van der Waals surface area contributed by atoms with E-state index in [0.29, 0.717) is 0 Å². The molecule has 182 valence electrons. The van der Waals surface area contributed by atoms with Crippen LogP contribution in [-0.2, 0) is 13.0 Å². The van der Waals surface area contributed by atoms with Crippen molar-refractivity contribution in [2.45, 2.75) is 13.0 Å². The van der Waals surface area contributed by atoms with Crippen LogP contribution < -0.4 is 25.3 Å². The van der Waals surface area contributed by atoms with Gasteiger partial charge in [-0.05, 0) is 23.4 Å². The van der Waals surface area contributed by atoms with E-state index in [0.717, 1.165) is 89.1 Å². The number of piperazine rings is 2. The minimum absolute atomic E-state index is 0. The van der Waals surface area contributed by atoms with Crippen molar-refractivity contribution in [3.63, 3.8) is 0 Å². The third-order valence-electron chi connectivity index (χ3n) is 7.40. The van der Waals surface area contributed by atoms with E-state index in [9.17, 15) is 5.26 Å². The predicted molar refractivity (Wildman–Crippen MR) is 145 cm³/mol. The minimum Gasteiger partial charge on any atom is -0.366 e. The molecule has 7 nitrogen and oxygen atoms in total. The summed E-state index contributed by atoms with van der Waals surface area (Å²) in [6.45, 7) is 9.15. The molecule has 3 aliphatic rings. The quantitative estimate of drug-likeness (QED) is 0.586. The van der Waals surface area contributed by atoms with Crippen LogP contribution in [0.3, 0.4) is 0 Å². The molecule has 2 saturated heterocycles. The van der Waals surface area contributed by atoms with Crippen LogP contribution in [0.4, 0.5) is 17.3 Å². The highest BCUT2D eigenvalue weighted by molar-refractivity contribution is 5.94. The summed E-state index contributed by atoms with van der Waals surface area (Å²) in [7, 11) is 0. The van der Waals surface area contributed by atoms with Crippen LogP contribution in [0.2, 0.25) is 0 Å². The van der Waals surface area contributed by atoms with E-state index < -0.39 is 0 Å². The van der Waals surface area contributed by atoms with E-state index in [-0.39, 0.29) is 12.4 Å². The number of nitrogens with one attached hydrogen (secondary N) is 2. The first-order valence-corrected chi connectivity index (χ1v) is 12.4.